The van der Waals surface area contributed by atoms with Crippen LogP contribution in [0.4, 0.5) is 18.9 Å². The number of nitrogens with one attached hydrogen (secondary N) is 1. The van der Waals surface area contributed by atoms with E-state index >= 15 is 0 Å². The summed E-state index contributed by atoms with van der Waals surface area (Å²) in [5.74, 6) is -0.389. The zero-order valence-electron chi connectivity index (χ0n) is 14.6. The van der Waals surface area contributed by atoms with Crippen LogP contribution in [0.2, 0.25) is 0 Å². The molecule has 2 aromatic heterocycles. The molecule has 0 spiro atoms. The summed E-state index contributed by atoms with van der Waals surface area (Å²) in [6.07, 6.45) is -1.58. The molecule has 5 nitrogen and oxygen atoms in total. The first-order valence-corrected chi connectivity index (χ1v) is 9.10. The van der Waals surface area contributed by atoms with Gasteiger partial charge in [-0.3, -0.25) is 9.78 Å². The largest absolute Gasteiger partial charge is 0.433 e. The maximum absolute atomic E-state index is 13.3. The molecule has 0 saturated heterocycles. The Morgan fingerprint density at radius 1 is 1.11 bits per heavy atom. The fraction of sp³-hybridized carbons (Fsp3) is 0.158. The Labute approximate surface area is 163 Å². The van der Waals surface area contributed by atoms with Crippen LogP contribution in [0.1, 0.15) is 12.6 Å². The number of halogens is 3. The van der Waals surface area contributed by atoms with E-state index in [1.807, 2.05) is 0 Å². The van der Waals surface area contributed by atoms with E-state index in [0.29, 0.717) is 11.3 Å². The van der Waals surface area contributed by atoms with Gasteiger partial charge in [0, 0.05) is 11.8 Å². The predicted molar refractivity (Wildman–Crippen MR) is 101 cm³/mol. The minimum atomic E-state index is -4.62. The lowest BCUT2D eigenvalue weighted by Crippen LogP contribution is -2.23. The maximum atomic E-state index is 13.3. The first kappa shape index (κ1) is 19.8. The van der Waals surface area contributed by atoms with Crippen molar-refractivity contribution in [2.24, 2.45) is 0 Å². The zero-order valence-corrected chi connectivity index (χ0v) is 15.5. The molecule has 28 heavy (non-hydrogen) atoms. The van der Waals surface area contributed by atoms with Crippen LogP contribution in [0.15, 0.2) is 66.1 Å². The Balaban J connectivity index is 1.85. The van der Waals surface area contributed by atoms with Gasteiger partial charge in [0.1, 0.15) is 5.69 Å². The van der Waals surface area contributed by atoms with Gasteiger partial charge in [0.25, 0.3) is 0 Å². The molecule has 1 amide bonds. The van der Waals surface area contributed by atoms with Crippen molar-refractivity contribution in [1.82, 2.24) is 15.0 Å². The minimum Gasteiger partial charge on any atom is -0.324 e. The molecule has 1 N–H and O–H groups in total. The van der Waals surface area contributed by atoms with E-state index in [1.165, 1.54) is 6.20 Å². The van der Waals surface area contributed by atoms with Crippen molar-refractivity contribution in [1.29, 1.82) is 0 Å². The number of alkyl halides is 3. The van der Waals surface area contributed by atoms with E-state index in [1.54, 1.807) is 55.6 Å². The zero-order chi connectivity index (χ0) is 20.1. The third-order valence-corrected chi connectivity index (χ3v) is 4.61. The van der Waals surface area contributed by atoms with Crippen LogP contribution in [0, 0.1) is 0 Å². The third kappa shape index (κ3) is 5.07. The number of aromatic nitrogens is 3. The van der Waals surface area contributed by atoms with E-state index in [4.69, 9.17) is 0 Å². The standard InChI is InChI=1S/C19H15F3N4OS/c1-12(17(27)24-14-8-5-9-23-11-14)28-18-25-15(13-6-3-2-4-7-13)10-16(26-18)19(20,21)22/h2-12H,1H3,(H,24,27)/t12-/m1/s1. The highest BCUT2D eigenvalue weighted by atomic mass is 32.2. The van der Waals surface area contributed by atoms with Gasteiger partial charge in [-0.1, -0.05) is 42.1 Å². The first-order chi connectivity index (χ1) is 13.3. The van der Waals surface area contributed by atoms with Crippen molar-refractivity contribution in [3.8, 4) is 11.3 Å². The van der Waals surface area contributed by atoms with Gasteiger partial charge in [-0.25, -0.2) is 9.97 Å². The highest BCUT2D eigenvalue weighted by Crippen LogP contribution is 2.33. The second kappa shape index (κ2) is 8.39. The van der Waals surface area contributed by atoms with E-state index in [-0.39, 0.29) is 16.8 Å². The fourth-order valence-corrected chi connectivity index (χ4v) is 3.06. The number of pyridine rings is 1. The number of anilines is 1. The number of hydrogen-bond donors (Lipinski definition) is 1. The Morgan fingerprint density at radius 3 is 2.50 bits per heavy atom. The summed E-state index contributed by atoms with van der Waals surface area (Å²) < 4.78 is 39.8. The molecular weight excluding hydrogens is 389 g/mol. The van der Waals surface area contributed by atoms with Crippen LogP contribution in [0.5, 0.6) is 0 Å². The van der Waals surface area contributed by atoms with Crippen LogP contribution in [-0.4, -0.2) is 26.1 Å². The molecule has 0 aliphatic rings. The predicted octanol–water partition coefficient (Wildman–Crippen LogP) is 4.68. The average molecular weight is 404 g/mol. The number of carbonyl (C=O) groups is 1. The van der Waals surface area contributed by atoms with Crippen molar-refractivity contribution < 1.29 is 18.0 Å². The topological polar surface area (TPSA) is 67.8 Å². The summed E-state index contributed by atoms with van der Waals surface area (Å²) in [5, 5.41) is 1.81. The van der Waals surface area contributed by atoms with Gasteiger partial charge in [0.15, 0.2) is 5.16 Å². The van der Waals surface area contributed by atoms with Crippen molar-refractivity contribution in [3.05, 3.63) is 66.6 Å². The van der Waals surface area contributed by atoms with Crippen LogP contribution >= 0.6 is 11.8 Å². The SMILES string of the molecule is C[C@@H](Sc1nc(-c2ccccc2)cc(C(F)(F)F)n1)C(=O)Nc1cccnc1. The Bertz CT molecular complexity index is 952. The van der Waals surface area contributed by atoms with Gasteiger partial charge < -0.3 is 5.32 Å². The van der Waals surface area contributed by atoms with E-state index in [0.717, 1.165) is 17.8 Å². The van der Waals surface area contributed by atoms with Crippen LogP contribution < -0.4 is 5.32 Å². The fourth-order valence-electron chi connectivity index (χ4n) is 2.27. The van der Waals surface area contributed by atoms with Crippen molar-refractivity contribution in [3.63, 3.8) is 0 Å². The van der Waals surface area contributed by atoms with Crippen LogP contribution in [0.25, 0.3) is 11.3 Å². The smallest absolute Gasteiger partial charge is 0.324 e. The van der Waals surface area contributed by atoms with E-state index in [2.05, 4.69) is 20.3 Å². The molecule has 3 aromatic rings. The maximum Gasteiger partial charge on any atom is 0.433 e. The Morgan fingerprint density at radius 2 is 1.86 bits per heavy atom. The van der Waals surface area contributed by atoms with Gasteiger partial charge in [-0.05, 0) is 25.1 Å². The monoisotopic (exact) mass is 404 g/mol. The highest BCUT2D eigenvalue weighted by molar-refractivity contribution is 8.00. The summed E-state index contributed by atoms with van der Waals surface area (Å²) in [6, 6.07) is 12.7. The number of nitrogens with zero attached hydrogens (tertiary/aromatic N) is 3. The number of benzene rings is 1. The van der Waals surface area contributed by atoms with Gasteiger partial charge in [0.2, 0.25) is 5.91 Å². The summed E-state index contributed by atoms with van der Waals surface area (Å²) in [4.78, 5) is 24.0. The van der Waals surface area contributed by atoms with Gasteiger partial charge in [-0.15, -0.1) is 0 Å². The second-order valence-electron chi connectivity index (χ2n) is 5.78. The summed E-state index contributed by atoms with van der Waals surface area (Å²) in [5.41, 5.74) is 0.119. The molecule has 0 aliphatic carbocycles. The van der Waals surface area contributed by atoms with Gasteiger partial charge in [0.05, 0.1) is 22.8 Å². The van der Waals surface area contributed by atoms with E-state index < -0.39 is 17.1 Å². The molecule has 0 saturated carbocycles. The number of hydrogen-bond acceptors (Lipinski definition) is 5. The molecule has 2 heterocycles. The molecule has 0 unspecified atom stereocenters. The quantitative estimate of drug-likeness (QED) is 0.494. The molecule has 9 heteroatoms. The lowest BCUT2D eigenvalue weighted by molar-refractivity contribution is -0.141. The third-order valence-electron chi connectivity index (χ3n) is 3.65. The summed E-state index contributed by atoms with van der Waals surface area (Å²) in [7, 11) is 0. The summed E-state index contributed by atoms with van der Waals surface area (Å²) >= 11 is 0.855. The first-order valence-electron chi connectivity index (χ1n) is 8.22. The van der Waals surface area contributed by atoms with Crippen molar-refractivity contribution in [2.75, 3.05) is 5.32 Å². The number of rotatable bonds is 5. The van der Waals surface area contributed by atoms with Crippen LogP contribution in [0.3, 0.4) is 0 Å². The molecule has 144 valence electrons. The van der Waals surface area contributed by atoms with Crippen molar-refractivity contribution >= 4 is 23.4 Å². The molecule has 0 bridgehead atoms. The number of amides is 1. The minimum absolute atomic E-state index is 0.123. The number of carbonyl (C=O) groups excluding carboxylic acids is 1. The normalized spacial score (nSPS) is 12.4. The lowest BCUT2D eigenvalue weighted by atomic mass is 10.1. The molecule has 0 radical (unpaired) electrons. The van der Waals surface area contributed by atoms with E-state index in [9.17, 15) is 18.0 Å². The van der Waals surface area contributed by atoms with Crippen LogP contribution in [-0.2, 0) is 11.0 Å². The Kier molecular flexibility index (Phi) is 5.93. The van der Waals surface area contributed by atoms with Crippen molar-refractivity contribution in [2.45, 2.75) is 23.5 Å². The second-order valence-corrected chi connectivity index (χ2v) is 7.08. The van der Waals surface area contributed by atoms with Gasteiger partial charge >= 0.3 is 6.18 Å². The lowest BCUT2D eigenvalue weighted by Gasteiger charge is -2.13. The molecule has 0 fully saturated rings. The number of thioether (sulfide) groups is 1. The van der Waals surface area contributed by atoms with Gasteiger partial charge in [-0.2, -0.15) is 13.2 Å². The Hall–Kier alpha value is -2.94. The average Bonchev–Trinajstić information content (AvgIpc) is 2.68. The molecular formula is C19H15F3N4OS. The molecule has 1 atom stereocenters. The molecule has 3 rings (SSSR count). The highest BCUT2D eigenvalue weighted by Gasteiger charge is 2.34. The molecule has 0 aliphatic heterocycles. The summed E-state index contributed by atoms with van der Waals surface area (Å²) in [6.45, 7) is 1.57. The molecule has 1 aromatic carbocycles.